The van der Waals surface area contributed by atoms with Crippen molar-refractivity contribution in [3.05, 3.63) is 29.6 Å². The number of hydrogen-bond donors (Lipinski definition) is 3. The molecule has 1 heterocycles. The molecule has 1 aliphatic heterocycles. The summed E-state index contributed by atoms with van der Waals surface area (Å²) >= 11 is 0. The Balaban J connectivity index is 2.06. The average Bonchev–Trinajstić information content (AvgIpc) is 2.73. The number of piperazine rings is 1. The molecule has 0 aromatic heterocycles. The lowest BCUT2D eigenvalue weighted by atomic mass is 9.86. The van der Waals surface area contributed by atoms with E-state index in [0.717, 1.165) is 5.56 Å². The molecule has 7 nitrogen and oxygen atoms in total. The Morgan fingerprint density at radius 3 is 2.49 bits per heavy atom. The number of aryl methyl sites for hydroxylation is 1. The molecule has 1 aromatic carbocycles. The summed E-state index contributed by atoms with van der Waals surface area (Å²) in [5, 5.41) is 13.9. The van der Waals surface area contributed by atoms with Crippen LogP contribution in [0, 0.1) is 30.0 Å². The Kier molecular flexibility index (Phi) is 9.47. The maximum absolute atomic E-state index is 13.9. The lowest BCUT2D eigenvalue weighted by molar-refractivity contribution is -0.128. The number of amides is 2. The van der Waals surface area contributed by atoms with Crippen LogP contribution in [0.25, 0.3) is 0 Å². The summed E-state index contributed by atoms with van der Waals surface area (Å²) in [6, 6.07) is 3.83. The number of nitrogens with two attached hydrogens (primary N) is 1. The zero-order chi connectivity index (χ0) is 26.7. The zero-order valence-corrected chi connectivity index (χ0v) is 22.7. The van der Waals surface area contributed by atoms with Crippen LogP contribution in [0.5, 0.6) is 0 Å². The van der Waals surface area contributed by atoms with Crippen molar-refractivity contribution in [2.75, 3.05) is 31.1 Å². The highest BCUT2D eigenvalue weighted by Gasteiger charge is 2.40. The lowest BCUT2D eigenvalue weighted by Crippen LogP contribution is -2.64. The summed E-state index contributed by atoms with van der Waals surface area (Å²) in [5.74, 6) is -0.902. The van der Waals surface area contributed by atoms with Crippen molar-refractivity contribution in [2.45, 2.75) is 79.5 Å². The van der Waals surface area contributed by atoms with Gasteiger partial charge in [0.05, 0.1) is 12.6 Å². The van der Waals surface area contributed by atoms with Gasteiger partial charge < -0.3 is 21.1 Å². The number of rotatable bonds is 9. The summed E-state index contributed by atoms with van der Waals surface area (Å²) in [5.41, 5.74) is 7.34. The van der Waals surface area contributed by atoms with Crippen LogP contribution in [0.3, 0.4) is 0 Å². The Hall–Kier alpha value is -2.03. The summed E-state index contributed by atoms with van der Waals surface area (Å²) in [6.07, 6.45) is -0.636. The molecule has 2 amide bonds. The summed E-state index contributed by atoms with van der Waals surface area (Å²) in [6.45, 7) is 17.3. The molecular weight excluding hydrogens is 447 g/mol. The third-order valence-corrected chi connectivity index (χ3v) is 6.85. The van der Waals surface area contributed by atoms with E-state index < -0.39 is 17.7 Å². The number of hydrogen-bond acceptors (Lipinski definition) is 5. The molecule has 1 fully saturated rings. The van der Waals surface area contributed by atoms with Crippen molar-refractivity contribution < 1.29 is 19.1 Å². The number of nitrogens with zero attached hydrogens (tertiary/aromatic N) is 2. The third kappa shape index (κ3) is 7.98. The molecule has 0 radical (unpaired) electrons. The van der Waals surface area contributed by atoms with Gasteiger partial charge in [-0.25, -0.2) is 4.39 Å². The second-order valence-corrected chi connectivity index (χ2v) is 12.2. The molecule has 8 heteroatoms. The van der Waals surface area contributed by atoms with Gasteiger partial charge in [0.1, 0.15) is 5.82 Å². The highest BCUT2D eigenvalue weighted by atomic mass is 19.1. The fourth-order valence-electron chi connectivity index (χ4n) is 4.42. The number of carbonyl (C=O) groups is 2. The molecule has 2 rings (SSSR count). The van der Waals surface area contributed by atoms with Gasteiger partial charge in [-0.3, -0.25) is 14.5 Å². The highest BCUT2D eigenvalue weighted by Crippen LogP contribution is 2.30. The van der Waals surface area contributed by atoms with E-state index in [9.17, 15) is 19.1 Å². The quantitative estimate of drug-likeness (QED) is 0.492. The van der Waals surface area contributed by atoms with Crippen molar-refractivity contribution >= 4 is 17.5 Å². The standard InChI is InChI=1S/C27H45FN4O3/c1-17(2)20(25(35)30-15-26(4,5)6)12-23(33)21(29)13-31-14-24(34)32(16-27(31,7)8)22-11-19(28)10-9-18(22)3/h9-11,17,20-21,23,33H,12-16,29H2,1-8H3,(H,30,35)/t20-,21-,23-/m0/s1. The minimum Gasteiger partial charge on any atom is -0.391 e. The Bertz CT molecular complexity index is 897. The molecule has 0 unspecified atom stereocenters. The first-order valence-corrected chi connectivity index (χ1v) is 12.5. The SMILES string of the molecule is Cc1ccc(F)cc1N1CC(C)(C)N(C[C@H](N)[C@@H](O)C[C@H](C(=O)NCC(C)(C)C)C(C)C)CC1=O. The van der Waals surface area contributed by atoms with Crippen LogP contribution < -0.4 is 16.0 Å². The number of aliphatic hydroxyl groups is 1. The Labute approximate surface area is 210 Å². The minimum atomic E-state index is -0.891. The fourth-order valence-corrected chi connectivity index (χ4v) is 4.42. The van der Waals surface area contributed by atoms with E-state index in [1.165, 1.54) is 12.1 Å². The largest absolute Gasteiger partial charge is 0.391 e. The van der Waals surface area contributed by atoms with E-state index in [4.69, 9.17) is 5.73 Å². The molecule has 1 aliphatic rings. The van der Waals surface area contributed by atoms with Crippen LogP contribution in [0.2, 0.25) is 0 Å². The van der Waals surface area contributed by atoms with Gasteiger partial charge in [0.2, 0.25) is 11.8 Å². The van der Waals surface area contributed by atoms with E-state index >= 15 is 0 Å². The molecule has 0 aliphatic carbocycles. The van der Waals surface area contributed by atoms with Gasteiger partial charge in [-0.15, -0.1) is 0 Å². The molecule has 3 atom stereocenters. The molecule has 1 saturated heterocycles. The van der Waals surface area contributed by atoms with Crippen molar-refractivity contribution in [2.24, 2.45) is 23.0 Å². The van der Waals surface area contributed by atoms with Crippen molar-refractivity contribution in [3.63, 3.8) is 0 Å². The molecule has 0 spiro atoms. The van der Waals surface area contributed by atoms with E-state index in [0.29, 0.717) is 25.3 Å². The maximum Gasteiger partial charge on any atom is 0.241 e. The molecule has 35 heavy (non-hydrogen) atoms. The number of nitrogens with one attached hydrogen (secondary N) is 1. The predicted octanol–water partition coefficient (Wildman–Crippen LogP) is 3.07. The third-order valence-electron chi connectivity index (χ3n) is 6.85. The van der Waals surface area contributed by atoms with Crippen LogP contribution in [0.4, 0.5) is 10.1 Å². The molecule has 1 aromatic rings. The van der Waals surface area contributed by atoms with E-state index in [1.807, 2.05) is 39.5 Å². The molecule has 0 saturated carbocycles. The van der Waals surface area contributed by atoms with Gasteiger partial charge in [-0.1, -0.05) is 40.7 Å². The average molecular weight is 493 g/mol. The van der Waals surface area contributed by atoms with Crippen LogP contribution in [0.15, 0.2) is 18.2 Å². The number of anilines is 1. The van der Waals surface area contributed by atoms with Crippen molar-refractivity contribution in [1.82, 2.24) is 10.2 Å². The first kappa shape index (κ1) is 29.2. The van der Waals surface area contributed by atoms with E-state index in [2.05, 4.69) is 26.1 Å². The summed E-state index contributed by atoms with van der Waals surface area (Å²) in [4.78, 5) is 29.4. The normalized spacial score (nSPS) is 19.5. The second kappa shape index (κ2) is 11.4. The Morgan fingerprint density at radius 2 is 1.91 bits per heavy atom. The topological polar surface area (TPSA) is 98.9 Å². The monoisotopic (exact) mass is 492 g/mol. The number of benzene rings is 1. The summed E-state index contributed by atoms with van der Waals surface area (Å²) < 4.78 is 13.9. The zero-order valence-electron chi connectivity index (χ0n) is 22.7. The second-order valence-electron chi connectivity index (χ2n) is 12.2. The van der Waals surface area contributed by atoms with Crippen LogP contribution in [-0.2, 0) is 9.59 Å². The lowest BCUT2D eigenvalue weighted by Gasteiger charge is -2.48. The smallest absolute Gasteiger partial charge is 0.241 e. The van der Waals surface area contributed by atoms with E-state index in [-0.39, 0.29) is 47.8 Å². The first-order valence-electron chi connectivity index (χ1n) is 12.5. The van der Waals surface area contributed by atoms with Gasteiger partial charge in [-0.05, 0) is 56.2 Å². The van der Waals surface area contributed by atoms with Gasteiger partial charge in [0.25, 0.3) is 0 Å². The van der Waals surface area contributed by atoms with Gasteiger partial charge in [0, 0.05) is 42.8 Å². The number of halogens is 1. The van der Waals surface area contributed by atoms with Crippen LogP contribution in [-0.4, -0.2) is 65.7 Å². The number of aliphatic hydroxyl groups excluding tert-OH is 1. The maximum atomic E-state index is 13.9. The molecule has 0 bridgehead atoms. The number of carbonyl (C=O) groups excluding carboxylic acids is 2. The van der Waals surface area contributed by atoms with Crippen LogP contribution >= 0.6 is 0 Å². The molecule has 4 N–H and O–H groups in total. The summed E-state index contributed by atoms with van der Waals surface area (Å²) in [7, 11) is 0. The fraction of sp³-hybridized carbons (Fsp3) is 0.704. The van der Waals surface area contributed by atoms with Gasteiger partial charge in [-0.2, -0.15) is 0 Å². The predicted molar refractivity (Wildman–Crippen MR) is 139 cm³/mol. The van der Waals surface area contributed by atoms with Crippen molar-refractivity contribution in [1.29, 1.82) is 0 Å². The molecular formula is C27H45FN4O3. The highest BCUT2D eigenvalue weighted by molar-refractivity contribution is 5.96. The van der Waals surface area contributed by atoms with Crippen LogP contribution in [0.1, 0.15) is 60.5 Å². The van der Waals surface area contributed by atoms with Gasteiger partial charge >= 0.3 is 0 Å². The molecule has 198 valence electrons. The van der Waals surface area contributed by atoms with Gasteiger partial charge in [0.15, 0.2) is 0 Å². The minimum absolute atomic E-state index is 0.0312. The Morgan fingerprint density at radius 1 is 1.29 bits per heavy atom. The van der Waals surface area contributed by atoms with E-state index in [1.54, 1.807) is 11.0 Å². The van der Waals surface area contributed by atoms with Crippen molar-refractivity contribution in [3.8, 4) is 0 Å². The first-order chi connectivity index (χ1) is 16.0.